The van der Waals surface area contributed by atoms with Gasteiger partial charge < -0.3 is 14.9 Å². The standard InChI is InChI=1S/C15H24O3.C10H16F2O/c1-2-7-13-12(10-11-14(13)16)8-5-3-4-6-9-15(17)18;1-3-4-5-6-7-9(2)13-8-10(11)12/h2-3,5,7,12-14,16H,4,6,8-11H2,1H3,(H,17,18);3-6,9-10H,7-8H2,1-2H3/b5-3-,7-2+;4-3-,6-5-/t12-,13?,14+;/m0./s1. The highest BCUT2D eigenvalue weighted by Gasteiger charge is 2.31. The summed E-state index contributed by atoms with van der Waals surface area (Å²) in [5, 5.41) is 18.4. The van der Waals surface area contributed by atoms with Crippen molar-refractivity contribution < 1.29 is 28.5 Å². The third-order valence-electron chi connectivity index (χ3n) is 5.02. The van der Waals surface area contributed by atoms with E-state index in [0.29, 0.717) is 24.7 Å². The Morgan fingerprint density at radius 2 is 1.87 bits per heavy atom. The molecule has 1 fully saturated rings. The summed E-state index contributed by atoms with van der Waals surface area (Å²) in [6.07, 6.45) is 18.6. The number of hydrogen-bond acceptors (Lipinski definition) is 3. The number of carboxylic acids is 1. The van der Waals surface area contributed by atoms with Crippen LogP contribution in [0, 0.1) is 11.8 Å². The summed E-state index contributed by atoms with van der Waals surface area (Å²) in [4.78, 5) is 10.3. The van der Waals surface area contributed by atoms with E-state index in [1.807, 2.05) is 44.2 Å². The van der Waals surface area contributed by atoms with Gasteiger partial charge in [-0.25, -0.2) is 8.78 Å². The lowest BCUT2D eigenvalue weighted by molar-refractivity contribution is -0.137. The number of halogens is 2. The van der Waals surface area contributed by atoms with E-state index in [1.165, 1.54) is 0 Å². The number of aliphatic hydroxyl groups is 1. The molecule has 0 aromatic heterocycles. The Kier molecular flexibility index (Phi) is 17.8. The predicted octanol–water partition coefficient (Wildman–Crippen LogP) is 6.33. The smallest absolute Gasteiger partial charge is 0.303 e. The van der Waals surface area contributed by atoms with Gasteiger partial charge in [-0.1, -0.05) is 48.6 Å². The number of carbonyl (C=O) groups is 1. The Bertz CT molecular complexity index is 570. The van der Waals surface area contributed by atoms with Crippen molar-refractivity contribution in [1.29, 1.82) is 0 Å². The number of hydrogen-bond donors (Lipinski definition) is 2. The van der Waals surface area contributed by atoms with Gasteiger partial charge in [0.15, 0.2) is 0 Å². The van der Waals surface area contributed by atoms with Crippen molar-refractivity contribution in [3.8, 4) is 0 Å². The van der Waals surface area contributed by atoms with Crippen LogP contribution in [-0.2, 0) is 9.53 Å². The van der Waals surface area contributed by atoms with Gasteiger partial charge in [0.2, 0.25) is 0 Å². The number of allylic oxidation sites excluding steroid dienone is 6. The van der Waals surface area contributed by atoms with Crippen molar-refractivity contribution >= 4 is 5.97 Å². The van der Waals surface area contributed by atoms with Gasteiger partial charge in [-0.3, -0.25) is 4.79 Å². The molecule has 0 spiro atoms. The van der Waals surface area contributed by atoms with Gasteiger partial charge in [0.25, 0.3) is 6.43 Å². The second-order valence-electron chi connectivity index (χ2n) is 7.73. The van der Waals surface area contributed by atoms with E-state index in [4.69, 9.17) is 9.84 Å². The quantitative estimate of drug-likeness (QED) is 0.199. The Balaban J connectivity index is 0.000000615. The van der Waals surface area contributed by atoms with E-state index in [1.54, 1.807) is 6.92 Å². The van der Waals surface area contributed by atoms with Gasteiger partial charge >= 0.3 is 5.97 Å². The zero-order valence-corrected chi connectivity index (χ0v) is 19.1. The highest BCUT2D eigenvalue weighted by atomic mass is 19.3. The van der Waals surface area contributed by atoms with E-state index in [9.17, 15) is 18.7 Å². The van der Waals surface area contributed by atoms with Gasteiger partial charge in [-0.15, -0.1) is 0 Å². The van der Waals surface area contributed by atoms with Crippen LogP contribution < -0.4 is 0 Å². The van der Waals surface area contributed by atoms with Crippen molar-refractivity contribution in [2.75, 3.05) is 6.61 Å². The second-order valence-corrected chi connectivity index (χ2v) is 7.73. The number of ether oxygens (including phenoxy) is 1. The molecular formula is C25H40F2O4. The molecule has 0 aromatic rings. The molecule has 178 valence electrons. The molecule has 0 saturated heterocycles. The molecule has 4 nitrogen and oxygen atoms in total. The van der Waals surface area contributed by atoms with Gasteiger partial charge in [-0.2, -0.15) is 0 Å². The van der Waals surface area contributed by atoms with E-state index in [-0.39, 0.29) is 18.6 Å². The van der Waals surface area contributed by atoms with E-state index >= 15 is 0 Å². The van der Waals surface area contributed by atoms with Crippen LogP contribution in [0.25, 0.3) is 0 Å². The van der Waals surface area contributed by atoms with Crippen LogP contribution in [0.3, 0.4) is 0 Å². The van der Waals surface area contributed by atoms with Crippen LogP contribution in [0.15, 0.2) is 48.6 Å². The summed E-state index contributed by atoms with van der Waals surface area (Å²) in [7, 11) is 0. The number of unbranched alkanes of at least 4 members (excludes halogenated alkanes) is 1. The summed E-state index contributed by atoms with van der Waals surface area (Å²) < 4.78 is 28.2. The highest BCUT2D eigenvalue weighted by molar-refractivity contribution is 5.66. The first-order valence-electron chi connectivity index (χ1n) is 11.2. The van der Waals surface area contributed by atoms with Crippen molar-refractivity contribution in [1.82, 2.24) is 0 Å². The summed E-state index contributed by atoms with van der Waals surface area (Å²) in [6.45, 7) is 5.21. The Hall–Kier alpha value is -1.79. The number of alkyl halides is 2. The molecule has 0 amide bonds. The monoisotopic (exact) mass is 442 g/mol. The van der Waals surface area contributed by atoms with Crippen molar-refractivity contribution in [2.24, 2.45) is 11.8 Å². The molecule has 0 heterocycles. The second kappa shape index (κ2) is 18.9. The highest BCUT2D eigenvalue weighted by Crippen LogP contribution is 2.35. The summed E-state index contributed by atoms with van der Waals surface area (Å²) >= 11 is 0. The lowest BCUT2D eigenvalue weighted by Gasteiger charge is -2.16. The maximum atomic E-state index is 11.7. The molecule has 0 aliphatic heterocycles. The zero-order chi connectivity index (χ0) is 23.5. The van der Waals surface area contributed by atoms with Crippen LogP contribution in [0.1, 0.15) is 65.7 Å². The molecule has 2 unspecified atom stereocenters. The summed E-state index contributed by atoms with van der Waals surface area (Å²) in [5.41, 5.74) is 0. The van der Waals surface area contributed by atoms with Crippen molar-refractivity contribution in [3.05, 3.63) is 48.6 Å². The van der Waals surface area contributed by atoms with Crippen molar-refractivity contribution in [3.63, 3.8) is 0 Å². The maximum Gasteiger partial charge on any atom is 0.303 e. The third kappa shape index (κ3) is 16.6. The normalized spacial score (nSPS) is 22.7. The lowest BCUT2D eigenvalue weighted by atomic mass is 9.91. The van der Waals surface area contributed by atoms with Crippen LogP contribution >= 0.6 is 0 Å². The molecule has 4 atom stereocenters. The number of rotatable bonds is 13. The first-order chi connectivity index (χ1) is 14.8. The van der Waals surface area contributed by atoms with Crippen LogP contribution in [0.5, 0.6) is 0 Å². The summed E-state index contributed by atoms with van der Waals surface area (Å²) in [5.74, 6) is 0.0982. The molecule has 1 rings (SSSR count). The molecular weight excluding hydrogens is 402 g/mol. The number of aliphatic carboxylic acids is 1. The first-order valence-corrected chi connectivity index (χ1v) is 11.2. The zero-order valence-electron chi connectivity index (χ0n) is 19.1. The Morgan fingerprint density at radius 1 is 1.13 bits per heavy atom. The minimum Gasteiger partial charge on any atom is -0.481 e. The average molecular weight is 443 g/mol. The van der Waals surface area contributed by atoms with E-state index in [0.717, 1.165) is 25.7 Å². The van der Waals surface area contributed by atoms with E-state index < -0.39 is 19.0 Å². The molecule has 0 bridgehead atoms. The predicted molar refractivity (Wildman–Crippen MR) is 122 cm³/mol. The number of carboxylic acid groups (broad SMARTS) is 1. The van der Waals surface area contributed by atoms with Gasteiger partial charge in [-0.05, 0) is 65.2 Å². The van der Waals surface area contributed by atoms with Crippen LogP contribution in [0.2, 0.25) is 0 Å². The molecule has 2 N–H and O–H groups in total. The Labute approximate surface area is 186 Å². The molecule has 6 heteroatoms. The largest absolute Gasteiger partial charge is 0.481 e. The number of aliphatic hydroxyl groups excluding tert-OH is 1. The minimum atomic E-state index is -2.37. The third-order valence-corrected chi connectivity index (χ3v) is 5.02. The Morgan fingerprint density at radius 3 is 2.48 bits per heavy atom. The van der Waals surface area contributed by atoms with Gasteiger partial charge in [0, 0.05) is 12.3 Å². The fourth-order valence-electron chi connectivity index (χ4n) is 3.39. The van der Waals surface area contributed by atoms with Crippen molar-refractivity contribution in [2.45, 2.75) is 84.4 Å². The molecule has 0 radical (unpaired) electrons. The van der Waals surface area contributed by atoms with Crippen LogP contribution in [0.4, 0.5) is 8.78 Å². The van der Waals surface area contributed by atoms with Crippen LogP contribution in [-0.4, -0.2) is 41.4 Å². The molecule has 1 aliphatic carbocycles. The van der Waals surface area contributed by atoms with E-state index in [2.05, 4.69) is 18.2 Å². The fraction of sp³-hybridized carbons (Fsp3) is 0.640. The lowest BCUT2D eigenvalue weighted by Crippen LogP contribution is -2.16. The minimum absolute atomic E-state index is 0.143. The maximum absolute atomic E-state index is 11.7. The fourth-order valence-corrected chi connectivity index (χ4v) is 3.39. The molecule has 1 aliphatic rings. The van der Waals surface area contributed by atoms with Gasteiger partial charge in [0.05, 0.1) is 12.2 Å². The molecule has 0 aromatic carbocycles. The van der Waals surface area contributed by atoms with Gasteiger partial charge in [0.1, 0.15) is 6.61 Å². The average Bonchev–Trinajstić information content (AvgIpc) is 3.06. The first kappa shape index (κ1) is 29.2. The SMILES string of the molecule is C/C=C/C1[C@@H](C/C=C\CCCC(=O)O)CC[C@H]1O.C/C=C\C=C/CC(C)OCC(F)F. The summed E-state index contributed by atoms with van der Waals surface area (Å²) in [6, 6.07) is 0. The molecule has 31 heavy (non-hydrogen) atoms. The topological polar surface area (TPSA) is 66.8 Å². The molecule has 1 saturated carbocycles.